The van der Waals surface area contributed by atoms with Crippen LogP contribution >= 0.6 is 0 Å². The molecule has 0 aromatic carbocycles. The molecular weight excluding hydrogens is 148 g/mol. The Morgan fingerprint density at radius 1 is 1.58 bits per heavy atom. The van der Waals surface area contributed by atoms with Gasteiger partial charge >= 0.3 is 0 Å². The van der Waals surface area contributed by atoms with Crippen LogP contribution in [0.3, 0.4) is 0 Å². The molecule has 0 N–H and O–H groups in total. The molecule has 1 fully saturated rings. The van der Waals surface area contributed by atoms with Crippen LogP contribution in [0.4, 0.5) is 0 Å². The zero-order valence-electron chi connectivity index (χ0n) is 8.26. The molecular formula is C11H18O. The quantitative estimate of drug-likeness (QED) is 0.455. The van der Waals surface area contributed by atoms with Gasteiger partial charge in [0.25, 0.3) is 0 Å². The summed E-state index contributed by atoms with van der Waals surface area (Å²) in [6, 6.07) is 0. The number of aldehydes is 1. The Bertz CT molecular complexity index is 207. The molecule has 0 aromatic rings. The maximum Gasteiger partial charge on any atom is 0.126 e. The summed E-state index contributed by atoms with van der Waals surface area (Å²) in [6.07, 6.45) is 3.42. The Balaban J connectivity index is 2.91. The summed E-state index contributed by atoms with van der Waals surface area (Å²) in [5.74, 6) is 0.918. The van der Waals surface area contributed by atoms with Crippen LogP contribution in [0.15, 0.2) is 12.2 Å². The number of carbonyl (C=O) groups is 1. The van der Waals surface area contributed by atoms with Crippen molar-refractivity contribution in [2.24, 2.45) is 17.3 Å². The summed E-state index contributed by atoms with van der Waals surface area (Å²) >= 11 is 0. The minimum absolute atomic E-state index is 0.147. The highest BCUT2D eigenvalue weighted by Crippen LogP contribution is 2.48. The maximum atomic E-state index is 11.0. The molecule has 3 atom stereocenters. The number of rotatable bonds is 2. The third-order valence-electron chi connectivity index (χ3n) is 3.55. The molecule has 1 saturated carbocycles. The monoisotopic (exact) mass is 166 g/mol. The molecule has 0 heterocycles. The van der Waals surface area contributed by atoms with E-state index in [1.807, 2.05) is 6.92 Å². The molecule has 0 amide bonds. The van der Waals surface area contributed by atoms with E-state index in [-0.39, 0.29) is 5.41 Å². The van der Waals surface area contributed by atoms with Crippen LogP contribution in [0, 0.1) is 17.3 Å². The number of hydrogen-bond donors (Lipinski definition) is 0. The standard InChI is InChI=1S/C11H18O/c1-8(2)10-6-5-9(3)11(10,4)7-12/h7,9-10H,1,5-6H2,2-4H3. The third-order valence-corrected chi connectivity index (χ3v) is 3.55. The highest BCUT2D eigenvalue weighted by atomic mass is 16.1. The Morgan fingerprint density at radius 2 is 2.17 bits per heavy atom. The average Bonchev–Trinajstić information content (AvgIpc) is 2.30. The largest absolute Gasteiger partial charge is 0.303 e. The lowest BCUT2D eigenvalue weighted by atomic mass is 9.73. The van der Waals surface area contributed by atoms with Crippen molar-refractivity contribution < 1.29 is 4.79 Å². The first-order chi connectivity index (χ1) is 5.52. The number of carbonyl (C=O) groups excluding carboxylic acids is 1. The average molecular weight is 166 g/mol. The van der Waals surface area contributed by atoms with E-state index in [2.05, 4.69) is 20.4 Å². The second-order valence-corrected chi connectivity index (χ2v) is 4.36. The van der Waals surface area contributed by atoms with Gasteiger partial charge in [0.1, 0.15) is 6.29 Å². The van der Waals surface area contributed by atoms with E-state index in [0.29, 0.717) is 11.8 Å². The minimum atomic E-state index is -0.147. The van der Waals surface area contributed by atoms with Gasteiger partial charge in [-0.1, -0.05) is 26.0 Å². The molecule has 0 aromatic heterocycles. The first-order valence-electron chi connectivity index (χ1n) is 4.64. The van der Waals surface area contributed by atoms with E-state index in [1.165, 1.54) is 0 Å². The Kier molecular flexibility index (Phi) is 2.41. The molecule has 1 heteroatoms. The molecule has 0 saturated heterocycles. The molecule has 12 heavy (non-hydrogen) atoms. The molecule has 0 bridgehead atoms. The van der Waals surface area contributed by atoms with E-state index in [4.69, 9.17) is 0 Å². The van der Waals surface area contributed by atoms with Crippen molar-refractivity contribution in [3.8, 4) is 0 Å². The second-order valence-electron chi connectivity index (χ2n) is 4.36. The van der Waals surface area contributed by atoms with Crippen LogP contribution < -0.4 is 0 Å². The molecule has 1 aliphatic carbocycles. The maximum absolute atomic E-state index is 11.0. The lowest BCUT2D eigenvalue weighted by molar-refractivity contribution is -0.118. The van der Waals surface area contributed by atoms with Gasteiger partial charge < -0.3 is 4.79 Å². The van der Waals surface area contributed by atoms with Crippen molar-refractivity contribution in [2.75, 3.05) is 0 Å². The third kappa shape index (κ3) is 1.21. The Labute approximate surface area is 74.9 Å². The highest BCUT2D eigenvalue weighted by Gasteiger charge is 2.44. The molecule has 0 spiro atoms. The topological polar surface area (TPSA) is 17.1 Å². The van der Waals surface area contributed by atoms with E-state index in [9.17, 15) is 4.79 Å². The van der Waals surface area contributed by atoms with Gasteiger partial charge in [-0.2, -0.15) is 0 Å². The van der Waals surface area contributed by atoms with Gasteiger partial charge in [-0.15, -0.1) is 0 Å². The minimum Gasteiger partial charge on any atom is -0.303 e. The number of hydrogen-bond acceptors (Lipinski definition) is 1. The first kappa shape index (κ1) is 9.50. The normalized spacial score (nSPS) is 41.2. The van der Waals surface area contributed by atoms with Crippen molar-refractivity contribution in [1.29, 1.82) is 0 Å². The van der Waals surface area contributed by atoms with Gasteiger partial charge in [0.05, 0.1) is 0 Å². The van der Waals surface area contributed by atoms with Gasteiger partial charge in [0.15, 0.2) is 0 Å². The van der Waals surface area contributed by atoms with Gasteiger partial charge in [0.2, 0.25) is 0 Å². The van der Waals surface area contributed by atoms with Gasteiger partial charge in [-0.25, -0.2) is 0 Å². The molecule has 68 valence electrons. The van der Waals surface area contributed by atoms with E-state index in [1.54, 1.807) is 0 Å². The molecule has 1 rings (SSSR count). The zero-order chi connectivity index (χ0) is 9.35. The smallest absolute Gasteiger partial charge is 0.126 e. The van der Waals surface area contributed by atoms with Gasteiger partial charge in [-0.05, 0) is 31.6 Å². The first-order valence-corrected chi connectivity index (χ1v) is 4.64. The second kappa shape index (κ2) is 3.04. The van der Waals surface area contributed by atoms with Crippen molar-refractivity contribution in [1.82, 2.24) is 0 Å². The van der Waals surface area contributed by atoms with E-state index in [0.717, 1.165) is 24.7 Å². The zero-order valence-corrected chi connectivity index (χ0v) is 8.26. The van der Waals surface area contributed by atoms with Crippen LogP contribution in [0.2, 0.25) is 0 Å². The lowest BCUT2D eigenvalue weighted by Gasteiger charge is -2.29. The van der Waals surface area contributed by atoms with Crippen molar-refractivity contribution >= 4 is 6.29 Å². The van der Waals surface area contributed by atoms with Crippen LogP contribution in [-0.2, 0) is 4.79 Å². The predicted octanol–water partition coefficient (Wildman–Crippen LogP) is 2.81. The number of allylic oxidation sites excluding steroid dienone is 1. The van der Waals surface area contributed by atoms with Crippen LogP contribution in [0.5, 0.6) is 0 Å². The molecule has 1 nitrogen and oxygen atoms in total. The summed E-state index contributed by atoms with van der Waals surface area (Å²) in [6.45, 7) is 10.2. The molecule has 1 aliphatic rings. The fourth-order valence-electron chi connectivity index (χ4n) is 2.36. The molecule has 0 radical (unpaired) electrons. The fourth-order valence-corrected chi connectivity index (χ4v) is 2.36. The van der Waals surface area contributed by atoms with Crippen LogP contribution in [0.1, 0.15) is 33.6 Å². The van der Waals surface area contributed by atoms with Gasteiger partial charge in [-0.3, -0.25) is 0 Å². The van der Waals surface area contributed by atoms with Crippen molar-refractivity contribution in [2.45, 2.75) is 33.6 Å². The summed E-state index contributed by atoms with van der Waals surface area (Å²) in [4.78, 5) is 11.0. The summed E-state index contributed by atoms with van der Waals surface area (Å²) in [5, 5.41) is 0. The van der Waals surface area contributed by atoms with Crippen LogP contribution in [-0.4, -0.2) is 6.29 Å². The Morgan fingerprint density at radius 3 is 2.50 bits per heavy atom. The van der Waals surface area contributed by atoms with Crippen molar-refractivity contribution in [3.05, 3.63) is 12.2 Å². The summed E-state index contributed by atoms with van der Waals surface area (Å²) in [7, 11) is 0. The lowest BCUT2D eigenvalue weighted by Crippen LogP contribution is -2.29. The van der Waals surface area contributed by atoms with E-state index < -0.39 is 0 Å². The van der Waals surface area contributed by atoms with Crippen LogP contribution in [0.25, 0.3) is 0 Å². The Hall–Kier alpha value is -0.590. The van der Waals surface area contributed by atoms with Gasteiger partial charge in [0, 0.05) is 5.41 Å². The molecule has 0 aliphatic heterocycles. The van der Waals surface area contributed by atoms with E-state index >= 15 is 0 Å². The summed E-state index contributed by atoms with van der Waals surface area (Å²) < 4.78 is 0. The fraction of sp³-hybridized carbons (Fsp3) is 0.727. The molecule has 3 unspecified atom stereocenters. The summed E-state index contributed by atoms with van der Waals surface area (Å²) in [5.41, 5.74) is 1.01. The SMILES string of the molecule is C=C(C)C1CCC(C)C1(C)C=O. The predicted molar refractivity (Wildman–Crippen MR) is 50.9 cm³/mol. The van der Waals surface area contributed by atoms with Crippen molar-refractivity contribution in [3.63, 3.8) is 0 Å². The highest BCUT2D eigenvalue weighted by molar-refractivity contribution is 5.61.